The molecule has 4 nitrogen and oxygen atoms in total. The summed E-state index contributed by atoms with van der Waals surface area (Å²) in [7, 11) is 1.61. The van der Waals surface area contributed by atoms with Crippen LogP contribution in [0, 0.1) is 0 Å². The van der Waals surface area contributed by atoms with Crippen LogP contribution in [0.5, 0.6) is 5.75 Å². The second-order valence-electron chi connectivity index (χ2n) is 4.47. The first-order valence-corrected chi connectivity index (χ1v) is 7.32. The van der Waals surface area contributed by atoms with Gasteiger partial charge < -0.3 is 9.84 Å². The Morgan fingerprint density at radius 2 is 2.10 bits per heavy atom. The number of carboxylic acid groups (broad SMARTS) is 1. The molecule has 0 aliphatic heterocycles. The van der Waals surface area contributed by atoms with Crippen molar-refractivity contribution in [1.29, 1.82) is 0 Å². The maximum Gasteiger partial charge on any atom is 0.313 e. The lowest BCUT2D eigenvalue weighted by Gasteiger charge is -2.10. The molecule has 0 saturated heterocycles. The number of rotatable bonds is 6. The van der Waals surface area contributed by atoms with E-state index in [1.807, 2.05) is 36.6 Å². The highest BCUT2D eigenvalue weighted by Gasteiger charge is 2.23. The Balaban J connectivity index is 2.18. The highest BCUT2D eigenvalue weighted by Crippen LogP contribution is 2.25. The van der Waals surface area contributed by atoms with Crippen LogP contribution in [0.25, 0.3) is 0 Å². The lowest BCUT2D eigenvalue weighted by Crippen LogP contribution is -2.14. The summed E-state index contributed by atoms with van der Waals surface area (Å²) in [5.74, 6) is -0.658. The fourth-order valence-corrected chi connectivity index (χ4v) is 2.92. The third-order valence-corrected chi connectivity index (χ3v) is 4.13. The predicted octanol–water partition coefficient (Wildman–Crippen LogP) is 3.13. The normalized spacial score (nSPS) is 12.1. The molecule has 1 atom stereocenters. The number of thiazole rings is 1. The van der Waals surface area contributed by atoms with Crippen LogP contribution in [-0.2, 0) is 17.6 Å². The molecule has 2 aromatic rings. The standard InChI is InChI=1S/C15H17NO3S/c1-3-11-9-20-14(16-11)13(15(17)18)8-10-4-6-12(19-2)7-5-10/h4-7,9,13H,3,8H2,1-2H3,(H,17,18). The molecule has 1 unspecified atom stereocenters. The van der Waals surface area contributed by atoms with Gasteiger partial charge >= 0.3 is 5.97 Å². The number of benzene rings is 1. The largest absolute Gasteiger partial charge is 0.497 e. The number of hydrogen-bond acceptors (Lipinski definition) is 4. The van der Waals surface area contributed by atoms with Gasteiger partial charge in [-0.1, -0.05) is 19.1 Å². The first-order valence-electron chi connectivity index (χ1n) is 6.44. The summed E-state index contributed by atoms with van der Waals surface area (Å²) in [6.07, 6.45) is 1.27. The van der Waals surface area contributed by atoms with Crippen molar-refractivity contribution in [2.24, 2.45) is 0 Å². The lowest BCUT2D eigenvalue weighted by atomic mass is 10.00. The highest BCUT2D eigenvalue weighted by atomic mass is 32.1. The van der Waals surface area contributed by atoms with Crippen LogP contribution in [-0.4, -0.2) is 23.2 Å². The molecule has 1 N–H and O–H groups in total. The van der Waals surface area contributed by atoms with Gasteiger partial charge in [0.05, 0.1) is 12.8 Å². The molecule has 0 amide bonds. The smallest absolute Gasteiger partial charge is 0.313 e. The third kappa shape index (κ3) is 3.36. The predicted molar refractivity (Wildman–Crippen MR) is 78.6 cm³/mol. The molecule has 0 fully saturated rings. The fourth-order valence-electron chi connectivity index (χ4n) is 1.92. The van der Waals surface area contributed by atoms with Gasteiger partial charge in [-0.05, 0) is 30.5 Å². The molecular formula is C15H17NO3S. The quantitative estimate of drug-likeness (QED) is 0.888. The SMILES string of the molecule is CCc1csc(C(Cc2ccc(OC)cc2)C(=O)O)n1. The minimum absolute atomic E-state index is 0.440. The zero-order valence-electron chi connectivity index (χ0n) is 11.5. The lowest BCUT2D eigenvalue weighted by molar-refractivity contribution is -0.138. The average molecular weight is 291 g/mol. The van der Waals surface area contributed by atoms with E-state index in [1.165, 1.54) is 11.3 Å². The van der Waals surface area contributed by atoms with Gasteiger partial charge in [0.2, 0.25) is 0 Å². The number of aromatic nitrogens is 1. The minimum Gasteiger partial charge on any atom is -0.497 e. The summed E-state index contributed by atoms with van der Waals surface area (Å²) in [6, 6.07) is 7.47. The van der Waals surface area contributed by atoms with Gasteiger partial charge in [0, 0.05) is 5.38 Å². The van der Waals surface area contributed by atoms with E-state index >= 15 is 0 Å². The molecule has 2 rings (SSSR count). The van der Waals surface area contributed by atoms with Crippen molar-refractivity contribution in [3.63, 3.8) is 0 Å². The van der Waals surface area contributed by atoms with Gasteiger partial charge in [0.1, 0.15) is 16.7 Å². The summed E-state index contributed by atoms with van der Waals surface area (Å²) in [5, 5.41) is 12.0. The number of carbonyl (C=O) groups is 1. The van der Waals surface area contributed by atoms with Gasteiger partial charge in [0.15, 0.2) is 0 Å². The number of carboxylic acids is 1. The third-order valence-electron chi connectivity index (χ3n) is 3.13. The molecule has 106 valence electrons. The Labute approximate surface area is 122 Å². The van der Waals surface area contributed by atoms with Crippen molar-refractivity contribution in [2.45, 2.75) is 25.7 Å². The van der Waals surface area contributed by atoms with Crippen molar-refractivity contribution in [2.75, 3.05) is 7.11 Å². The molecule has 0 saturated carbocycles. The first-order chi connectivity index (χ1) is 9.63. The molecule has 20 heavy (non-hydrogen) atoms. The summed E-state index contributed by atoms with van der Waals surface area (Å²) in [6.45, 7) is 2.01. The van der Waals surface area contributed by atoms with E-state index in [-0.39, 0.29) is 0 Å². The maximum absolute atomic E-state index is 11.5. The van der Waals surface area contributed by atoms with Crippen molar-refractivity contribution < 1.29 is 14.6 Å². The molecule has 0 spiro atoms. The number of aliphatic carboxylic acids is 1. The van der Waals surface area contributed by atoms with Gasteiger partial charge in [0.25, 0.3) is 0 Å². The molecule has 0 bridgehead atoms. The monoisotopic (exact) mass is 291 g/mol. The van der Waals surface area contributed by atoms with E-state index in [9.17, 15) is 9.90 Å². The van der Waals surface area contributed by atoms with Crippen molar-refractivity contribution >= 4 is 17.3 Å². The van der Waals surface area contributed by atoms with E-state index in [1.54, 1.807) is 7.11 Å². The number of ether oxygens (including phenoxy) is 1. The van der Waals surface area contributed by atoms with Gasteiger partial charge in [-0.15, -0.1) is 11.3 Å². The van der Waals surface area contributed by atoms with Gasteiger partial charge in [-0.2, -0.15) is 0 Å². The van der Waals surface area contributed by atoms with Crippen molar-refractivity contribution in [3.8, 4) is 5.75 Å². The summed E-state index contributed by atoms with van der Waals surface area (Å²) < 4.78 is 5.10. The Morgan fingerprint density at radius 1 is 1.40 bits per heavy atom. The van der Waals surface area contributed by atoms with Crippen LogP contribution in [0.15, 0.2) is 29.6 Å². The Kier molecular flexibility index (Phi) is 4.74. The minimum atomic E-state index is -0.835. The van der Waals surface area contributed by atoms with E-state index in [0.29, 0.717) is 11.4 Å². The number of aryl methyl sites for hydroxylation is 1. The summed E-state index contributed by atoms with van der Waals surface area (Å²) in [5.41, 5.74) is 1.91. The van der Waals surface area contributed by atoms with E-state index in [0.717, 1.165) is 23.4 Å². The summed E-state index contributed by atoms with van der Waals surface area (Å²) in [4.78, 5) is 15.9. The van der Waals surface area contributed by atoms with Crippen molar-refractivity contribution in [3.05, 3.63) is 45.9 Å². The number of hydrogen-bond donors (Lipinski definition) is 1. The van der Waals surface area contributed by atoms with E-state index in [2.05, 4.69) is 4.98 Å². The molecule has 0 aliphatic carbocycles. The Morgan fingerprint density at radius 3 is 2.60 bits per heavy atom. The zero-order valence-corrected chi connectivity index (χ0v) is 12.3. The molecule has 1 aromatic carbocycles. The fraction of sp³-hybridized carbons (Fsp3) is 0.333. The first kappa shape index (κ1) is 14.5. The Hall–Kier alpha value is -1.88. The molecule has 1 heterocycles. The van der Waals surface area contributed by atoms with Crippen LogP contribution in [0.3, 0.4) is 0 Å². The number of nitrogens with zero attached hydrogens (tertiary/aromatic N) is 1. The van der Waals surface area contributed by atoms with Crippen molar-refractivity contribution in [1.82, 2.24) is 4.98 Å². The zero-order chi connectivity index (χ0) is 14.5. The topological polar surface area (TPSA) is 59.4 Å². The second-order valence-corrected chi connectivity index (χ2v) is 5.36. The molecule has 1 aromatic heterocycles. The molecule has 0 aliphatic rings. The van der Waals surface area contributed by atoms with E-state index in [4.69, 9.17) is 4.74 Å². The average Bonchev–Trinajstić information content (AvgIpc) is 2.93. The molecular weight excluding hydrogens is 274 g/mol. The van der Waals surface area contributed by atoms with Crippen LogP contribution in [0.4, 0.5) is 0 Å². The van der Waals surface area contributed by atoms with Crippen LogP contribution >= 0.6 is 11.3 Å². The van der Waals surface area contributed by atoms with Gasteiger partial charge in [-0.3, -0.25) is 4.79 Å². The molecule has 5 heteroatoms. The molecule has 0 radical (unpaired) electrons. The van der Waals surface area contributed by atoms with Crippen LogP contribution < -0.4 is 4.74 Å². The van der Waals surface area contributed by atoms with E-state index < -0.39 is 11.9 Å². The summed E-state index contributed by atoms with van der Waals surface area (Å²) >= 11 is 1.42. The second kappa shape index (κ2) is 6.52. The number of methoxy groups -OCH3 is 1. The highest BCUT2D eigenvalue weighted by molar-refractivity contribution is 7.09. The van der Waals surface area contributed by atoms with Crippen LogP contribution in [0.2, 0.25) is 0 Å². The Bertz CT molecular complexity index is 577. The maximum atomic E-state index is 11.5. The van der Waals surface area contributed by atoms with Gasteiger partial charge in [-0.25, -0.2) is 4.98 Å². The van der Waals surface area contributed by atoms with Crippen LogP contribution in [0.1, 0.15) is 29.1 Å².